The van der Waals surface area contributed by atoms with Crippen molar-refractivity contribution in [3.8, 4) is 5.75 Å². The van der Waals surface area contributed by atoms with Gasteiger partial charge in [0.2, 0.25) is 0 Å². The minimum Gasteiger partial charge on any atom is -0.494 e. The van der Waals surface area contributed by atoms with E-state index in [-0.39, 0.29) is 12.4 Å². The molecule has 4 rings (SSSR count). The lowest BCUT2D eigenvalue weighted by atomic mass is 9.96. The Morgan fingerprint density at radius 2 is 1.87 bits per heavy atom. The Bertz CT molecular complexity index is 1090. The van der Waals surface area contributed by atoms with Crippen LogP contribution in [0.15, 0.2) is 48.5 Å². The number of benzene rings is 2. The molecule has 1 aliphatic heterocycles. The molecule has 0 aliphatic carbocycles. The lowest BCUT2D eigenvalue weighted by Crippen LogP contribution is -2.29. The van der Waals surface area contributed by atoms with E-state index < -0.39 is 5.97 Å². The van der Waals surface area contributed by atoms with E-state index in [9.17, 15) is 9.59 Å². The molecule has 6 nitrogen and oxygen atoms in total. The number of carbonyl (C=O) groups excluding carboxylic acids is 2. The van der Waals surface area contributed by atoms with E-state index in [0.29, 0.717) is 30.0 Å². The molecule has 0 unspecified atom stereocenters. The largest absolute Gasteiger partial charge is 0.494 e. The van der Waals surface area contributed by atoms with Crippen LogP contribution < -0.4 is 4.74 Å². The summed E-state index contributed by atoms with van der Waals surface area (Å²) in [4.78, 5) is 32.5. The second kappa shape index (κ2) is 8.63. The van der Waals surface area contributed by atoms with Gasteiger partial charge < -0.3 is 14.4 Å². The third kappa shape index (κ3) is 4.04. The highest BCUT2D eigenvalue weighted by Crippen LogP contribution is 2.28. The van der Waals surface area contributed by atoms with Crippen LogP contribution in [0.3, 0.4) is 0 Å². The summed E-state index contributed by atoms with van der Waals surface area (Å²) >= 11 is 0. The molecule has 0 amide bonds. The van der Waals surface area contributed by atoms with E-state index in [1.54, 1.807) is 24.3 Å². The number of esters is 1. The Morgan fingerprint density at radius 3 is 2.63 bits per heavy atom. The van der Waals surface area contributed by atoms with E-state index in [1.165, 1.54) is 0 Å². The lowest BCUT2D eigenvalue weighted by Gasteiger charge is -2.26. The smallest absolute Gasteiger partial charge is 0.339 e. The van der Waals surface area contributed by atoms with Crippen molar-refractivity contribution < 1.29 is 19.1 Å². The van der Waals surface area contributed by atoms with Gasteiger partial charge in [-0.3, -0.25) is 9.78 Å². The minimum atomic E-state index is -0.487. The fourth-order valence-corrected chi connectivity index (χ4v) is 3.75. The number of fused-ring (bicyclic) bond motifs is 2. The van der Waals surface area contributed by atoms with Gasteiger partial charge >= 0.3 is 5.97 Å². The van der Waals surface area contributed by atoms with E-state index in [0.717, 1.165) is 35.1 Å². The van der Waals surface area contributed by atoms with Crippen LogP contribution in [-0.4, -0.2) is 48.4 Å². The summed E-state index contributed by atoms with van der Waals surface area (Å²) in [5.41, 5.74) is 3.58. The number of rotatable bonds is 6. The molecular weight excluding hydrogens is 380 g/mol. The molecule has 2 heterocycles. The van der Waals surface area contributed by atoms with Crippen LogP contribution >= 0.6 is 0 Å². The number of ether oxygens (including phenoxy) is 2. The van der Waals surface area contributed by atoms with Crippen LogP contribution in [0.2, 0.25) is 0 Å². The summed E-state index contributed by atoms with van der Waals surface area (Å²) in [5.74, 6) is -0.0415. The predicted molar refractivity (Wildman–Crippen MR) is 114 cm³/mol. The fourth-order valence-electron chi connectivity index (χ4n) is 3.75. The molecule has 30 heavy (non-hydrogen) atoms. The average molecular weight is 404 g/mol. The first-order chi connectivity index (χ1) is 14.6. The first-order valence-electron chi connectivity index (χ1n) is 10.1. The molecule has 0 saturated carbocycles. The molecule has 1 aromatic heterocycles. The number of pyridine rings is 1. The third-order valence-electron chi connectivity index (χ3n) is 5.26. The predicted octanol–water partition coefficient (Wildman–Crippen LogP) is 3.66. The highest BCUT2D eigenvalue weighted by Gasteiger charge is 2.25. The van der Waals surface area contributed by atoms with Gasteiger partial charge in [0, 0.05) is 41.7 Å². The van der Waals surface area contributed by atoms with Gasteiger partial charge in [-0.05, 0) is 44.3 Å². The van der Waals surface area contributed by atoms with Crippen molar-refractivity contribution in [1.82, 2.24) is 9.88 Å². The van der Waals surface area contributed by atoms with Crippen molar-refractivity contribution in [3.05, 3.63) is 70.9 Å². The normalized spacial score (nSPS) is 13.7. The molecule has 0 saturated heterocycles. The van der Waals surface area contributed by atoms with Gasteiger partial charge in [0.05, 0.1) is 17.7 Å². The number of hydrogen-bond acceptors (Lipinski definition) is 6. The summed E-state index contributed by atoms with van der Waals surface area (Å²) in [6.45, 7) is 3.67. The number of ketones is 1. The zero-order valence-electron chi connectivity index (χ0n) is 17.2. The van der Waals surface area contributed by atoms with E-state index in [4.69, 9.17) is 14.5 Å². The second-order valence-corrected chi connectivity index (χ2v) is 7.37. The lowest BCUT2D eigenvalue weighted by molar-refractivity contribution is 0.0474. The maximum Gasteiger partial charge on any atom is 0.339 e. The van der Waals surface area contributed by atoms with Crippen molar-refractivity contribution in [2.45, 2.75) is 19.9 Å². The Kier molecular flexibility index (Phi) is 5.77. The van der Waals surface area contributed by atoms with Crippen LogP contribution in [-0.2, 0) is 17.7 Å². The minimum absolute atomic E-state index is 0.254. The van der Waals surface area contributed by atoms with Gasteiger partial charge in [0.15, 0.2) is 12.4 Å². The van der Waals surface area contributed by atoms with Crippen molar-refractivity contribution in [2.75, 3.05) is 26.8 Å². The van der Waals surface area contributed by atoms with Gasteiger partial charge in [-0.25, -0.2) is 4.79 Å². The van der Waals surface area contributed by atoms with Crippen LogP contribution in [0, 0.1) is 0 Å². The Labute approximate surface area is 175 Å². The first kappa shape index (κ1) is 20.0. The zero-order valence-corrected chi connectivity index (χ0v) is 17.2. The number of aromatic nitrogens is 1. The first-order valence-corrected chi connectivity index (χ1v) is 10.1. The summed E-state index contributed by atoms with van der Waals surface area (Å²) in [6.07, 6.45) is 0.780. The molecule has 0 fully saturated rings. The van der Waals surface area contributed by atoms with Crippen molar-refractivity contribution in [2.24, 2.45) is 0 Å². The summed E-state index contributed by atoms with van der Waals surface area (Å²) in [5, 5.41) is 0.755. The monoisotopic (exact) mass is 404 g/mol. The van der Waals surface area contributed by atoms with Crippen molar-refractivity contribution in [1.29, 1.82) is 0 Å². The van der Waals surface area contributed by atoms with Crippen molar-refractivity contribution >= 4 is 22.7 Å². The summed E-state index contributed by atoms with van der Waals surface area (Å²) < 4.78 is 10.9. The SMILES string of the molecule is CCOc1ccc(C(=O)COC(=O)c2c3c(nc4ccccc24)CCN(C)C3)cc1. The number of carbonyl (C=O) groups is 2. The summed E-state index contributed by atoms with van der Waals surface area (Å²) in [7, 11) is 2.02. The van der Waals surface area contributed by atoms with Crippen LogP contribution in [0.25, 0.3) is 10.9 Å². The molecule has 3 aromatic rings. The maximum absolute atomic E-state index is 13.1. The fraction of sp³-hybridized carbons (Fsp3) is 0.292. The molecule has 0 radical (unpaired) electrons. The summed E-state index contributed by atoms with van der Waals surface area (Å²) in [6, 6.07) is 14.4. The van der Waals surface area contributed by atoms with E-state index >= 15 is 0 Å². The molecular formula is C24H24N2O4. The number of Topliss-reactive ketones (excluding diaryl/α,β-unsaturated/α-hetero) is 1. The number of hydrogen-bond donors (Lipinski definition) is 0. The van der Waals surface area contributed by atoms with Gasteiger partial charge in [-0.15, -0.1) is 0 Å². The molecule has 1 aliphatic rings. The second-order valence-electron chi connectivity index (χ2n) is 7.37. The van der Waals surface area contributed by atoms with Gasteiger partial charge in [-0.1, -0.05) is 18.2 Å². The van der Waals surface area contributed by atoms with E-state index in [2.05, 4.69) is 4.90 Å². The number of likely N-dealkylation sites (N-methyl/N-ethyl adjacent to an activating group) is 1. The zero-order chi connectivity index (χ0) is 21.1. The average Bonchev–Trinajstić information content (AvgIpc) is 2.76. The van der Waals surface area contributed by atoms with E-state index in [1.807, 2.05) is 38.2 Å². The highest BCUT2D eigenvalue weighted by molar-refractivity contribution is 6.06. The standard InChI is InChI=1S/C24H24N2O4/c1-3-29-17-10-8-16(9-11-17)22(27)15-30-24(28)23-18-6-4-5-7-20(18)25-21-12-13-26(2)14-19(21)23/h4-11H,3,12-15H2,1-2H3. The molecule has 2 aromatic carbocycles. The number of para-hydroxylation sites is 1. The quantitative estimate of drug-likeness (QED) is 0.461. The Balaban J connectivity index is 1.57. The van der Waals surface area contributed by atoms with Crippen LogP contribution in [0.4, 0.5) is 0 Å². The van der Waals surface area contributed by atoms with Gasteiger partial charge in [0.25, 0.3) is 0 Å². The molecule has 0 N–H and O–H groups in total. The molecule has 6 heteroatoms. The Morgan fingerprint density at radius 1 is 1.10 bits per heavy atom. The maximum atomic E-state index is 13.1. The molecule has 0 bridgehead atoms. The molecule has 0 atom stereocenters. The third-order valence-corrected chi connectivity index (χ3v) is 5.26. The Hall–Kier alpha value is -3.25. The van der Waals surface area contributed by atoms with Crippen LogP contribution in [0.5, 0.6) is 5.75 Å². The highest BCUT2D eigenvalue weighted by atomic mass is 16.5. The van der Waals surface area contributed by atoms with Crippen LogP contribution in [0.1, 0.15) is 38.9 Å². The molecule has 0 spiro atoms. The molecule has 154 valence electrons. The van der Waals surface area contributed by atoms with Gasteiger partial charge in [0.1, 0.15) is 5.75 Å². The van der Waals surface area contributed by atoms with Gasteiger partial charge in [-0.2, -0.15) is 0 Å². The number of nitrogens with zero attached hydrogens (tertiary/aromatic N) is 2. The topological polar surface area (TPSA) is 68.7 Å². The van der Waals surface area contributed by atoms with Crippen molar-refractivity contribution in [3.63, 3.8) is 0 Å².